The maximum atomic E-state index is 12.0. The Kier molecular flexibility index (Phi) is 4.52. The van der Waals surface area contributed by atoms with Gasteiger partial charge >= 0.3 is 5.97 Å². The van der Waals surface area contributed by atoms with E-state index >= 15 is 0 Å². The summed E-state index contributed by atoms with van der Waals surface area (Å²) in [5, 5.41) is 0. The second kappa shape index (κ2) is 6.58. The molecular formula is C17H22N2O4. The van der Waals surface area contributed by atoms with Gasteiger partial charge in [-0.1, -0.05) is 6.42 Å². The highest BCUT2D eigenvalue weighted by Crippen LogP contribution is 2.26. The first-order valence-corrected chi connectivity index (χ1v) is 7.93. The van der Waals surface area contributed by atoms with Gasteiger partial charge in [0.05, 0.1) is 12.8 Å². The highest BCUT2D eigenvalue weighted by molar-refractivity contribution is 5.75. The summed E-state index contributed by atoms with van der Waals surface area (Å²) in [6.07, 6.45) is 2.95. The molecule has 1 saturated heterocycles. The van der Waals surface area contributed by atoms with Crippen LogP contribution in [0.3, 0.4) is 0 Å². The number of furan rings is 1. The van der Waals surface area contributed by atoms with Crippen molar-refractivity contribution in [3.8, 4) is 11.7 Å². The van der Waals surface area contributed by atoms with Crippen LogP contribution in [-0.4, -0.2) is 35.5 Å². The van der Waals surface area contributed by atoms with Gasteiger partial charge in [-0.15, -0.1) is 0 Å². The number of methoxy groups -OCH3 is 1. The van der Waals surface area contributed by atoms with E-state index in [-0.39, 0.29) is 12.0 Å². The van der Waals surface area contributed by atoms with Crippen molar-refractivity contribution in [3.63, 3.8) is 0 Å². The summed E-state index contributed by atoms with van der Waals surface area (Å²) >= 11 is 0. The molecule has 0 N–H and O–H groups in total. The summed E-state index contributed by atoms with van der Waals surface area (Å²) < 4.78 is 16.2. The van der Waals surface area contributed by atoms with Crippen molar-refractivity contribution >= 4 is 5.97 Å². The first kappa shape index (κ1) is 15.8. The molecule has 1 atom stereocenters. The minimum atomic E-state index is -0.195. The van der Waals surface area contributed by atoms with Crippen LogP contribution >= 0.6 is 0 Å². The lowest BCUT2D eigenvalue weighted by molar-refractivity contribution is -0.148. The second-order valence-electron chi connectivity index (χ2n) is 5.94. The number of hydrogen-bond donors (Lipinski definition) is 0. The molecule has 6 heteroatoms. The molecule has 6 nitrogen and oxygen atoms in total. The molecule has 2 aromatic heterocycles. The zero-order valence-electron chi connectivity index (χ0n) is 13.8. The smallest absolute Gasteiger partial charge is 0.323 e. The number of aryl methyl sites for hydroxylation is 2. The van der Waals surface area contributed by atoms with Crippen molar-refractivity contribution in [2.24, 2.45) is 0 Å². The highest BCUT2D eigenvalue weighted by Gasteiger charge is 2.30. The zero-order valence-corrected chi connectivity index (χ0v) is 13.8. The third-order valence-corrected chi connectivity index (χ3v) is 4.28. The molecule has 124 valence electrons. The summed E-state index contributed by atoms with van der Waals surface area (Å²) in [5.41, 5.74) is 0.838. The van der Waals surface area contributed by atoms with Crippen LogP contribution in [0, 0.1) is 13.8 Å². The molecule has 1 aliphatic heterocycles. The van der Waals surface area contributed by atoms with Crippen molar-refractivity contribution < 1.29 is 18.4 Å². The van der Waals surface area contributed by atoms with Crippen molar-refractivity contribution in [2.45, 2.75) is 45.7 Å². The van der Waals surface area contributed by atoms with Crippen molar-refractivity contribution in [3.05, 3.63) is 29.3 Å². The van der Waals surface area contributed by atoms with Gasteiger partial charge in [-0.05, 0) is 45.4 Å². The van der Waals surface area contributed by atoms with Crippen LogP contribution in [0.15, 0.2) is 21.0 Å². The zero-order chi connectivity index (χ0) is 16.4. The van der Waals surface area contributed by atoms with Gasteiger partial charge in [-0.25, -0.2) is 4.98 Å². The number of carbonyl (C=O) groups excluding carboxylic acids is 1. The van der Waals surface area contributed by atoms with Gasteiger partial charge in [0.1, 0.15) is 17.6 Å². The summed E-state index contributed by atoms with van der Waals surface area (Å²) in [5.74, 6) is 2.51. The van der Waals surface area contributed by atoms with Crippen LogP contribution in [0.5, 0.6) is 0 Å². The molecule has 1 aliphatic rings. The molecule has 0 saturated carbocycles. The number of oxazole rings is 1. The monoisotopic (exact) mass is 318 g/mol. The molecular weight excluding hydrogens is 296 g/mol. The topological polar surface area (TPSA) is 68.7 Å². The summed E-state index contributed by atoms with van der Waals surface area (Å²) in [6.45, 7) is 5.21. The molecule has 0 amide bonds. The first-order chi connectivity index (χ1) is 11.1. The van der Waals surface area contributed by atoms with Crippen LogP contribution in [0.25, 0.3) is 11.7 Å². The Balaban J connectivity index is 1.79. The number of piperidine rings is 1. The Morgan fingerprint density at radius 3 is 2.87 bits per heavy atom. The van der Waals surface area contributed by atoms with E-state index in [1.165, 1.54) is 7.11 Å². The second-order valence-corrected chi connectivity index (χ2v) is 5.94. The molecule has 0 spiro atoms. The quantitative estimate of drug-likeness (QED) is 0.807. The average molecular weight is 318 g/mol. The lowest BCUT2D eigenvalue weighted by Crippen LogP contribution is -2.44. The van der Waals surface area contributed by atoms with Crippen molar-refractivity contribution in [2.75, 3.05) is 13.7 Å². The number of hydrogen-bond acceptors (Lipinski definition) is 6. The molecule has 23 heavy (non-hydrogen) atoms. The Hall–Kier alpha value is -2.08. The Labute approximate surface area is 135 Å². The SMILES string of the molecule is COC(=O)C1CCCCN1Cc1nc(-c2ccc(C)o2)oc1C. The number of carbonyl (C=O) groups is 1. The predicted octanol–water partition coefficient (Wildman–Crippen LogP) is 3.08. The minimum Gasteiger partial charge on any atom is -0.468 e. The highest BCUT2D eigenvalue weighted by atomic mass is 16.5. The third-order valence-electron chi connectivity index (χ3n) is 4.28. The molecule has 0 bridgehead atoms. The third kappa shape index (κ3) is 3.32. The number of esters is 1. The standard InChI is InChI=1S/C17H22N2O4/c1-11-7-8-15(22-11)16-18-13(12(2)23-16)10-19-9-5-4-6-14(19)17(20)21-3/h7-8,14H,4-6,9-10H2,1-3H3. The maximum absolute atomic E-state index is 12.0. The average Bonchev–Trinajstić information content (AvgIpc) is 3.14. The van der Waals surface area contributed by atoms with E-state index in [0.717, 1.165) is 43.0 Å². The van der Waals surface area contributed by atoms with Gasteiger partial charge in [-0.2, -0.15) is 0 Å². The fraction of sp³-hybridized carbons (Fsp3) is 0.529. The van der Waals surface area contributed by atoms with Gasteiger partial charge in [0.15, 0.2) is 5.76 Å². The normalized spacial score (nSPS) is 19.0. The maximum Gasteiger partial charge on any atom is 0.323 e. The first-order valence-electron chi connectivity index (χ1n) is 7.93. The molecule has 0 radical (unpaired) electrons. The molecule has 0 aromatic carbocycles. The van der Waals surface area contributed by atoms with Crippen LogP contribution in [-0.2, 0) is 16.1 Å². The van der Waals surface area contributed by atoms with E-state index in [0.29, 0.717) is 18.2 Å². The number of aromatic nitrogens is 1. The van der Waals surface area contributed by atoms with Crippen LogP contribution in [0.4, 0.5) is 0 Å². The Morgan fingerprint density at radius 1 is 1.35 bits per heavy atom. The largest absolute Gasteiger partial charge is 0.468 e. The molecule has 1 unspecified atom stereocenters. The van der Waals surface area contributed by atoms with E-state index in [4.69, 9.17) is 13.6 Å². The van der Waals surface area contributed by atoms with E-state index in [2.05, 4.69) is 9.88 Å². The molecule has 2 aromatic rings. The van der Waals surface area contributed by atoms with Gasteiger partial charge in [-0.3, -0.25) is 9.69 Å². The number of rotatable bonds is 4. The Morgan fingerprint density at radius 2 is 2.17 bits per heavy atom. The van der Waals surface area contributed by atoms with Crippen LogP contribution < -0.4 is 0 Å². The van der Waals surface area contributed by atoms with Gasteiger partial charge in [0, 0.05) is 6.54 Å². The van der Waals surface area contributed by atoms with E-state index < -0.39 is 0 Å². The molecule has 0 aliphatic carbocycles. The van der Waals surface area contributed by atoms with Gasteiger partial charge in [0.25, 0.3) is 5.89 Å². The number of nitrogens with zero attached hydrogens (tertiary/aromatic N) is 2. The lowest BCUT2D eigenvalue weighted by Gasteiger charge is -2.33. The molecule has 3 rings (SSSR count). The fourth-order valence-corrected chi connectivity index (χ4v) is 3.01. The minimum absolute atomic E-state index is 0.173. The van der Waals surface area contributed by atoms with Gasteiger partial charge < -0.3 is 13.6 Å². The summed E-state index contributed by atoms with van der Waals surface area (Å²) in [4.78, 5) is 18.6. The van der Waals surface area contributed by atoms with Crippen LogP contribution in [0.2, 0.25) is 0 Å². The van der Waals surface area contributed by atoms with E-state index in [9.17, 15) is 4.79 Å². The predicted molar refractivity (Wildman–Crippen MR) is 83.7 cm³/mol. The molecule has 3 heterocycles. The fourth-order valence-electron chi connectivity index (χ4n) is 3.01. The molecule has 1 fully saturated rings. The summed E-state index contributed by atoms with van der Waals surface area (Å²) in [6, 6.07) is 3.54. The van der Waals surface area contributed by atoms with E-state index in [1.807, 2.05) is 26.0 Å². The lowest BCUT2D eigenvalue weighted by atomic mass is 10.0. The summed E-state index contributed by atoms with van der Waals surface area (Å²) in [7, 11) is 1.44. The van der Waals surface area contributed by atoms with Crippen molar-refractivity contribution in [1.82, 2.24) is 9.88 Å². The Bertz CT molecular complexity index is 689. The number of likely N-dealkylation sites (tertiary alicyclic amines) is 1. The number of ether oxygens (including phenoxy) is 1. The van der Waals surface area contributed by atoms with Gasteiger partial charge in [0.2, 0.25) is 0 Å². The van der Waals surface area contributed by atoms with Crippen molar-refractivity contribution in [1.29, 1.82) is 0 Å². The van der Waals surface area contributed by atoms with E-state index in [1.54, 1.807) is 0 Å². The van der Waals surface area contributed by atoms with Crippen LogP contribution in [0.1, 0.15) is 36.5 Å².